The molecule has 2 unspecified atom stereocenters. The first kappa shape index (κ1) is 16.1. The van der Waals surface area contributed by atoms with Crippen molar-refractivity contribution in [2.75, 3.05) is 13.2 Å². The summed E-state index contributed by atoms with van der Waals surface area (Å²) in [5.74, 6) is -0.386. The summed E-state index contributed by atoms with van der Waals surface area (Å²) < 4.78 is 5.79. The van der Waals surface area contributed by atoms with Gasteiger partial charge in [-0.3, -0.25) is 9.69 Å². The Labute approximate surface area is 147 Å². The molecule has 0 radical (unpaired) electrons. The van der Waals surface area contributed by atoms with Crippen LogP contribution in [0.4, 0.5) is 0 Å². The topological polar surface area (TPSA) is 55.6 Å². The van der Waals surface area contributed by atoms with Gasteiger partial charge in [0.15, 0.2) is 0 Å². The first-order valence-corrected chi connectivity index (χ1v) is 8.69. The number of nitrogens with zero attached hydrogens (tertiary/aromatic N) is 1. The van der Waals surface area contributed by atoms with E-state index in [9.17, 15) is 4.79 Å². The summed E-state index contributed by atoms with van der Waals surface area (Å²) in [7, 11) is 0. The van der Waals surface area contributed by atoms with Crippen LogP contribution in [0.1, 0.15) is 27.9 Å². The second-order valence-electron chi connectivity index (χ2n) is 6.75. The van der Waals surface area contributed by atoms with E-state index in [2.05, 4.69) is 41.3 Å². The Bertz CT molecular complexity index is 783. The highest BCUT2D eigenvalue weighted by Crippen LogP contribution is 2.33. The number of rotatable bonds is 4. The molecule has 2 bridgehead atoms. The zero-order valence-corrected chi connectivity index (χ0v) is 14.1. The first-order valence-electron chi connectivity index (χ1n) is 8.69. The van der Waals surface area contributed by atoms with Gasteiger partial charge in [-0.2, -0.15) is 0 Å². The van der Waals surface area contributed by atoms with Gasteiger partial charge in [-0.25, -0.2) is 0 Å². The smallest absolute Gasteiger partial charge is 0.248 e. The van der Waals surface area contributed by atoms with Crippen molar-refractivity contribution in [3.63, 3.8) is 0 Å². The molecule has 0 spiro atoms. The van der Waals surface area contributed by atoms with Gasteiger partial charge >= 0.3 is 0 Å². The summed E-state index contributed by atoms with van der Waals surface area (Å²) in [5, 5.41) is 0. The van der Waals surface area contributed by atoms with Crippen molar-refractivity contribution in [3.8, 4) is 0 Å². The normalized spacial score (nSPS) is 23.1. The van der Waals surface area contributed by atoms with Gasteiger partial charge in [-0.05, 0) is 35.3 Å². The van der Waals surface area contributed by atoms with E-state index < -0.39 is 0 Å². The number of morpholine rings is 1. The molecule has 2 heterocycles. The number of benzene rings is 2. The lowest BCUT2D eigenvalue weighted by Crippen LogP contribution is -2.53. The standard InChI is InChI=1S/C21H22N2O2/c22-21(24)17-8-6-16(7-9-17)18-10-19-13-25-14-20(11-18)23(19)12-15-4-2-1-3-5-15/h1-10,19-20H,11-14H2,(H2,22,24). The second kappa shape index (κ2) is 6.82. The maximum absolute atomic E-state index is 11.2. The Morgan fingerprint density at radius 1 is 1.08 bits per heavy atom. The Morgan fingerprint density at radius 2 is 1.84 bits per heavy atom. The van der Waals surface area contributed by atoms with Crippen molar-refractivity contribution in [1.82, 2.24) is 4.90 Å². The molecule has 4 heteroatoms. The maximum Gasteiger partial charge on any atom is 0.248 e. The number of carbonyl (C=O) groups is 1. The minimum atomic E-state index is -0.386. The quantitative estimate of drug-likeness (QED) is 0.935. The van der Waals surface area contributed by atoms with Crippen molar-refractivity contribution in [2.24, 2.45) is 5.73 Å². The highest BCUT2D eigenvalue weighted by atomic mass is 16.5. The van der Waals surface area contributed by atoms with Gasteiger partial charge in [-0.15, -0.1) is 0 Å². The summed E-state index contributed by atoms with van der Waals surface area (Å²) in [6, 6.07) is 18.9. The highest BCUT2D eigenvalue weighted by molar-refractivity contribution is 5.93. The lowest BCUT2D eigenvalue weighted by atomic mass is 9.89. The summed E-state index contributed by atoms with van der Waals surface area (Å²) in [5.41, 5.74) is 9.72. The third-order valence-corrected chi connectivity index (χ3v) is 5.09. The predicted octanol–water partition coefficient (Wildman–Crippen LogP) is 2.84. The fraction of sp³-hybridized carbons (Fsp3) is 0.286. The van der Waals surface area contributed by atoms with Crippen molar-refractivity contribution in [3.05, 3.63) is 77.4 Å². The summed E-state index contributed by atoms with van der Waals surface area (Å²) in [6.07, 6.45) is 3.27. The number of nitrogens with two attached hydrogens (primary N) is 1. The Balaban J connectivity index is 1.57. The van der Waals surface area contributed by atoms with Crippen LogP contribution in [0, 0.1) is 0 Å². The van der Waals surface area contributed by atoms with Gasteiger partial charge in [0, 0.05) is 18.2 Å². The molecule has 2 aliphatic heterocycles. The number of amides is 1. The van der Waals surface area contributed by atoms with E-state index in [0.29, 0.717) is 17.6 Å². The molecule has 2 atom stereocenters. The molecule has 0 saturated carbocycles. The average Bonchev–Trinajstić information content (AvgIpc) is 2.62. The third-order valence-electron chi connectivity index (χ3n) is 5.09. The molecule has 25 heavy (non-hydrogen) atoms. The lowest BCUT2D eigenvalue weighted by Gasteiger charge is -2.44. The zero-order chi connectivity index (χ0) is 17.2. The Hall–Kier alpha value is -2.43. The molecule has 1 saturated heterocycles. The van der Waals surface area contributed by atoms with E-state index in [1.165, 1.54) is 16.7 Å². The molecule has 2 aromatic carbocycles. The number of hydrogen-bond acceptors (Lipinski definition) is 3. The Kier molecular flexibility index (Phi) is 4.38. The number of ether oxygens (including phenoxy) is 1. The van der Waals surface area contributed by atoms with Crippen LogP contribution in [0.2, 0.25) is 0 Å². The molecule has 128 valence electrons. The van der Waals surface area contributed by atoms with Crippen molar-refractivity contribution >= 4 is 11.5 Å². The van der Waals surface area contributed by atoms with Crippen LogP contribution in [0.5, 0.6) is 0 Å². The van der Waals surface area contributed by atoms with Crippen LogP contribution in [0.3, 0.4) is 0 Å². The van der Waals surface area contributed by atoms with Crippen LogP contribution in [0.15, 0.2) is 60.7 Å². The molecule has 0 aromatic heterocycles. The van der Waals surface area contributed by atoms with E-state index in [1.54, 1.807) is 12.1 Å². The van der Waals surface area contributed by atoms with Gasteiger partial charge in [0.05, 0.1) is 19.3 Å². The second-order valence-corrected chi connectivity index (χ2v) is 6.75. The van der Waals surface area contributed by atoms with E-state index in [4.69, 9.17) is 10.5 Å². The molecule has 1 fully saturated rings. The number of fused-ring (bicyclic) bond motifs is 2. The molecule has 2 N–H and O–H groups in total. The van der Waals surface area contributed by atoms with Crippen molar-refractivity contribution in [2.45, 2.75) is 25.0 Å². The predicted molar refractivity (Wildman–Crippen MR) is 97.9 cm³/mol. The van der Waals surface area contributed by atoms with Crippen LogP contribution < -0.4 is 5.73 Å². The van der Waals surface area contributed by atoms with Crippen LogP contribution >= 0.6 is 0 Å². The van der Waals surface area contributed by atoms with Crippen LogP contribution in [0.25, 0.3) is 5.57 Å². The number of hydrogen-bond donors (Lipinski definition) is 1. The minimum Gasteiger partial charge on any atom is -0.378 e. The maximum atomic E-state index is 11.2. The molecule has 0 aliphatic carbocycles. The van der Waals surface area contributed by atoms with E-state index >= 15 is 0 Å². The average molecular weight is 334 g/mol. The number of carbonyl (C=O) groups excluding carboxylic acids is 1. The monoisotopic (exact) mass is 334 g/mol. The molecular formula is C21H22N2O2. The lowest BCUT2D eigenvalue weighted by molar-refractivity contribution is -0.0402. The first-order chi connectivity index (χ1) is 12.2. The van der Waals surface area contributed by atoms with E-state index in [1.807, 2.05) is 12.1 Å². The largest absolute Gasteiger partial charge is 0.378 e. The molecule has 4 rings (SSSR count). The number of primary amides is 1. The fourth-order valence-electron chi connectivity index (χ4n) is 3.76. The SMILES string of the molecule is NC(=O)c1ccc(C2=CC3COCC(C2)N3Cc2ccccc2)cc1. The summed E-state index contributed by atoms with van der Waals surface area (Å²) in [4.78, 5) is 13.8. The minimum absolute atomic E-state index is 0.290. The third kappa shape index (κ3) is 3.36. The van der Waals surface area contributed by atoms with Gasteiger partial charge in [-0.1, -0.05) is 48.5 Å². The highest BCUT2D eigenvalue weighted by Gasteiger charge is 2.34. The molecule has 2 aliphatic rings. The van der Waals surface area contributed by atoms with Gasteiger partial charge in [0.25, 0.3) is 0 Å². The van der Waals surface area contributed by atoms with Crippen LogP contribution in [-0.4, -0.2) is 36.1 Å². The van der Waals surface area contributed by atoms with Crippen molar-refractivity contribution < 1.29 is 9.53 Å². The molecule has 2 aromatic rings. The van der Waals surface area contributed by atoms with E-state index in [-0.39, 0.29) is 5.91 Å². The zero-order valence-electron chi connectivity index (χ0n) is 14.1. The van der Waals surface area contributed by atoms with Crippen LogP contribution in [-0.2, 0) is 11.3 Å². The summed E-state index contributed by atoms with van der Waals surface area (Å²) >= 11 is 0. The van der Waals surface area contributed by atoms with Gasteiger partial charge in [0.2, 0.25) is 5.91 Å². The Morgan fingerprint density at radius 3 is 2.52 bits per heavy atom. The van der Waals surface area contributed by atoms with Crippen molar-refractivity contribution in [1.29, 1.82) is 0 Å². The summed E-state index contributed by atoms with van der Waals surface area (Å²) in [6.45, 7) is 2.44. The fourth-order valence-corrected chi connectivity index (χ4v) is 3.76. The van der Waals surface area contributed by atoms with E-state index in [0.717, 1.165) is 26.2 Å². The van der Waals surface area contributed by atoms with Gasteiger partial charge in [0.1, 0.15) is 0 Å². The molecular weight excluding hydrogens is 312 g/mol. The van der Waals surface area contributed by atoms with Gasteiger partial charge < -0.3 is 10.5 Å². The molecule has 1 amide bonds. The molecule has 4 nitrogen and oxygen atoms in total.